The molecule has 8 heteroatoms. The van der Waals surface area contributed by atoms with Crippen LogP contribution in [0.15, 0.2) is 35.3 Å². The average Bonchev–Trinajstić information content (AvgIpc) is 2.83. The molecule has 2 aromatic heterocycles. The van der Waals surface area contributed by atoms with E-state index in [1.807, 2.05) is 0 Å². The average molecular weight is 318 g/mol. The summed E-state index contributed by atoms with van der Waals surface area (Å²) in [6.45, 7) is -0.105. The summed E-state index contributed by atoms with van der Waals surface area (Å²) in [7, 11) is 1.51. The maximum absolute atomic E-state index is 11.9. The van der Waals surface area contributed by atoms with Gasteiger partial charge in [-0.15, -0.1) is 0 Å². The predicted octanol–water partition coefficient (Wildman–Crippen LogP) is 1.19. The van der Waals surface area contributed by atoms with Gasteiger partial charge in [0.15, 0.2) is 11.5 Å². The molecule has 0 aliphatic rings. The van der Waals surface area contributed by atoms with Gasteiger partial charge in [0.25, 0.3) is 0 Å². The van der Waals surface area contributed by atoms with E-state index in [1.165, 1.54) is 17.8 Å². The highest BCUT2D eigenvalue weighted by molar-refractivity contribution is 6.30. The normalized spacial score (nSPS) is 10.8. The van der Waals surface area contributed by atoms with Gasteiger partial charge in [-0.05, 0) is 24.3 Å². The maximum atomic E-state index is 11.9. The molecule has 1 aromatic carbocycles. The van der Waals surface area contributed by atoms with Crippen LogP contribution in [0.5, 0.6) is 0 Å². The fraction of sp³-hybridized carbons (Fsp3) is 0.143. The minimum Gasteiger partial charge on any atom is -0.358 e. The Labute approximate surface area is 130 Å². The van der Waals surface area contributed by atoms with Gasteiger partial charge in [-0.3, -0.25) is 9.36 Å². The van der Waals surface area contributed by atoms with Crippen LogP contribution < -0.4 is 11.0 Å². The van der Waals surface area contributed by atoms with Gasteiger partial charge in [0.1, 0.15) is 12.1 Å². The van der Waals surface area contributed by atoms with Crippen molar-refractivity contribution in [2.45, 2.75) is 6.54 Å². The van der Waals surface area contributed by atoms with Gasteiger partial charge >= 0.3 is 5.69 Å². The SMILES string of the molecule is CNC(=O)Cn1c(=O)[nH]c2cnc(-c3ccc(Cl)cc3)nc21. The fourth-order valence-corrected chi connectivity index (χ4v) is 2.18. The van der Waals surface area contributed by atoms with E-state index in [4.69, 9.17) is 11.6 Å². The van der Waals surface area contributed by atoms with Crippen LogP contribution in [-0.2, 0) is 11.3 Å². The summed E-state index contributed by atoms with van der Waals surface area (Å²) >= 11 is 5.86. The molecule has 7 nitrogen and oxygen atoms in total. The monoisotopic (exact) mass is 317 g/mol. The van der Waals surface area contributed by atoms with Gasteiger partial charge in [-0.2, -0.15) is 0 Å². The number of benzene rings is 1. The number of nitrogens with one attached hydrogen (secondary N) is 2. The van der Waals surface area contributed by atoms with Crippen molar-refractivity contribution >= 4 is 28.7 Å². The number of carbonyl (C=O) groups is 1. The van der Waals surface area contributed by atoms with Gasteiger partial charge in [0, 0.05) is 17.6 Å². The summed E-state index contributed by atoms with van der Waals surface area (Å²) in [6.07, 6.45) is 1.52. The number of nitrogens with zero attached hydrogens (tertiary/aromatic N) is 3. The lowest BCUT2D eigenvalue weighted by Gasteiger charge is -2.03. The molecule has 22 heavy (non-hydrogen) atoms. The first-order valence-electron chi connectivity index (χ1n) is 6.50. The lowest BCUT2D eigenvalue weighted by Crippen LogP contribution is -2.29. The van der Waals surface area contributed by atoms with E-state index >= 15 is 0 Å². The number of hydrogen-bond donors (Lipinski definition) is 2. The molecule has 1 amide bonds. The number of hydrogen-bond acceptors (Lipinski definition) is 4. The molecule has 3 rings (SSSR count). The van der Waals surface area contributed by atoms with E-state index in [0.717, 1.165) is 5.56 Å². The van der Waals surface area contributed by atoms with Crippen molar-refractivity contribution < 1.29 is 4.79 Å². The highest BCUT2D eigenvalue weighted by Gasteiger charge is 2.13. The molecular formula is C14H12ClN5O2. The first-order chi connectivity index (χ1) is 10.6. The number of likely N-dealkylation sites (N-methyl/N-ethyl adjacent to an activating group) is 1. The number of amides is 1. The summed E-state index contributed by atoms with van der Waals surface area (Å²) in [5.41, 5.74) is 1.23. The number of fused-ring (bicyclic) bond motifs is 1. The van der Waals surface area contributed by atoms with Crippen LogP contribution in [0.2, 0.25) is 5.02 Å². The van der Waals surface area contributed by atoms with Crippen molar-refractivity contribution in [1.82, 2.24) is 24.8 Å². The van der Waals surface area contributed by atoms with Crippen LogP contribution in [0, 0.1) is 0 Å². The Hall–Kier alpha value is -2.67. The fourth-order valence-electron chi connectivity index (χ4n) is 2.05. The summed E-state index contributed by atoms with van der Waals surface area (Å²) in [5, 5.41) is 3.09. The zero-order valence-electron chi connectivity index (χ0n) is 11.6. The van der Waals surface area contributed by atoms with Crippen molar-refractivity contribution in [1.29, 1.82) is 0 Å². The molecule has 2 heterocycles. The van der Waals surface area contributed by atoms with Crippen molar-refractivity contribution in [3.05, 3.63) is 46.0 Å². The predicted molar refractivity (Wildman–Crippen MR) is 82.7 cm³/mol. The van der Waals surface area contributed by atoms with Crippen LogP contribution >= 0.6 is 11.6 Å². The maximum Gasteiger partial charge on any atom is 0.328 e. The second kappa shape index (κ2) is 5.61. The number of aromatic nitrogens is 4. The van der Waals surface area contributed by atoms with Gasteiger partial charge in [0.2, 0.25) is 5.91 Å². The van der Waals surface area contributed by atoms with Crippen molar-refractivity contribution in [3.63, 3.8) is 0 Å². The highest BCUT2D eigenvalue weighted by atomic mass is 35.5. The molecule has 112 valence electrons. The molecule has 0 saturated heterocycles. The second-order valence-corrected chi connectivity index (χ2v) is 5.06. The smallest absolute Gasteiger partial charge is 0.328 e. The molecule has 0 atom stereocenters. The van der Waals surface area contributed by atoms with E-state index in [2.05, 4.69) is 20.3 Å². The third-order valence-corrected chi connectivity index (χ3v) is 3.45. The van der Waals surface area contributed by atoms with Crippen molar-refractivity contribution in [2.75, 3.05) is 7.05 Å². The van der Waals surface area contributed by atoms with Gasteiger partial charge in [-0.1, -0.05) is 11.6 Å². The number of carbonyl (C=O) groups excluding carboxylic acids is 1. The van der Waals surface area contributed by atoms with Crippen molar-refractivity contribution in [3.8, 4) is 11.4 Å². The molecule has 0 fully saturated rings. The van der Waals surface area contributed by atoms with E-state index < -0.39 is 5.69 Å². The molecule has 0 aliphatic heterocycles. The number of H-pyrrole nitrogens is 1. The lowest BCUT2D eigenvalue weighted by molar-refractivity contribution is -0.121. The minimum absolute atomic E-state index is 0.105. The van der Waals surface area contributed by atoms with Gasteiger partial charge < -0.3 is 10.3 Å². The molecule has 0 radical (unpaired) electrons. The Morgan fingerprint density at radius 2 is 2.09 bits per heavy atom. The minimum atomic E-state index is -0.402. The number of aromatic amines is 1. The highest BCUT2D eigenvalue weighted by Crippen LogP contribution is 2.19. The topological polar surface area (TPSA) is 92.7 Å². The lowest BCUT2D eigenvalue weighted by atomic mass is 10.2. The van der Waals surface area contributed by atoms with E-state index in [0.29, 0.717) is 22.0 Å². The largest absolute Gasteiger partial charge is 0.358 e. The van der Waals surface area contributed by atoms with Gasteiger partial charge in [0.05, 0.1) is 6.20 Å². The van der Waals surface area contributed by atoms with Crippen LogP contribution in [0.25, 0.3) is 22.6 Å². The Morgan fingerprint density at radius 3 is 2.77 bits per heavy atom. The van der Waals surface area contributed by atoms with Crippen LogP contribution in [-0.4, -0.2) is 32.5 Å². The summed E-state index contributed by atoms with van der Waals surface area (Å²) in [4.78, 5) is 34.7. The summed E-state index contributed by atoms with van der Waals surface area (Å²) in [6, 6.07) is 7.05. The third-order valence-electron chi connectivity index (χ3n) is 3.19. The molecule has 0 spiro atoms. The molecule has 2 N–H and O–H groups in total. The summed E-state index contributed by atoms with van der Waals surface area (Å²) in [5.74, 6) is 0.170. The van der Waals surface area contributed by atoms with E-state index in [9.17, 15) is 9.59 Å². The van der Waals surface area contributed by atoms with Crippen LogP contribution in [0.3, 0.4) is 0 Å². The van der Waals surface area contributed by atoms with E-state index in [-0.39, 0.29) is 12.5 Å². The summed E-state index contributed by atoms with van der Waals surface area (Å²) < 4.78 is 1.27. The second-order valence-electron chi connectivity index (χ2n) is 4.63. The van der Waals surface area contributed by atoms with Crippen LogP contribution in [0.4, 0.5) is 0 Å². The Balaban J connectivity index is 2.11. The molecular weight excluding hydrogens is 306 g/mol. The van der Waals surface area contributed by atoms with Gasteiger partial charge in [-0.25, -0.2) is 14.8 Å². The zero-order valence-corrected chi connectivity index (χ0v) is 12.4. The standard InChI is InChI=1S/C14H12ClN5O2/c1-16-11(21)7-20-13-10(18-14(20)22)6-17-12(19-13)8-2-4-9(15)5-3-8/h2-6H,7H2,1H3,(H,16,21)(H,18,22). The first-order valence-corrected chi connectivity index (χ1v) is 6.88. The molecule has 0 saturated carbocycles. The first kappa shape index (κ1) is 14.3. The molecule has 0 aliphatic carbocycles. The van der Waals surface area contributed by atoms with E-state index in [1.54, 1.807) is 24.3 Å². The Bertz CT molecular complexity index is 898. The quantitative estimate of drug-likeness (QED) is 0.759. The Kier molecular flexibility index (Phi) is 3.64. The third kappa shape index (κ3) is 2.58. The van der Waals surface area contributed by atoms with Crippen LogP contribution in [0.1, 0.15) is 0 Å². The number of imidazole rings is 1. The zero-order chi connectivity index (χ0) is 15.7. The molecule has 0 unspecified atom stereocenters. The number of rotatable bonds is 3. The molecule has 0 bridgehead atoms. The number of halogens is 1. The Morgan fingerprint density at radius 1 is 1.36 bits per heavy atom. The van der Waals surface area contributed by atoms with Crippen molar-refractivity contribution in [2.24, 2.45) is 0 Å². The molecule has 3 aromatic rings.